The Morgan fingerprint density at radius 1 is 1.14 bits per heavy atom. The Kier molecular flexibility index (Phi) is 4.46. The number of carbonyl (C=O) groups excluding carboxylic acids is 1. The number of nitrogens with one attached hydrogen (secondary N) is 1. The summed E-state index contributed by atoms with van der Waals surface area (Å²) in [5.74, 6) is -0.0209. The van der Waals surface area contributed by atoms with Gasteiger partial charge >= 0.3 is 0 Å². The van der Waals surface area contributed by atoms with Crippen LogP contribution in [0.1, 0.15) is 18.1 Å². The summed E-state index contributed by atoms with van der Waals surface area (Å²) in [6.45, 7) is 3.65. The Labute approximate surface area is 135 Å². The van der Waals surface area contributed by atoms with Crippen molar-refractivity contribution in [1.82, 2.24) is 4.90 Å². The fraction of sp³-hybridized carbons (Fsp3) is 0.278. The molecule has 0 radical (unpaired) electrons. The van der Waals surface area contributed by atoms with Crippen LogP contribution >= 0.6 is 11.6 Å². The van der Waals surface area contributed by atoms with Gasteiger partial charge in [-0.05, 0) is 36.6 Å². The van der Waals surface area contributed by atoms with E-state index < -0.39 is 0 Å². The van der Waals surface area contributed by atoms with Crippen LogP contribution in [-0.4, -0.2) is 23.4 Å². The lowest BCUT2D eigenvalue weighted by Gasteiger charge is -2.32. The van der Waals surface area contributed by atoms with E-state index in [1.807, 2.05) is 25.1 Å². The van der Waals surface area contributed by atoms with Crippen molar-refractivity contribution in [2.24, 2.45) is 0 Å². The van der Waals surface area contributed by atoms with E-state index >= 15 is 0 Å². The average Bonchev–Trinajstić information content (AvgIpc) is 2.55. The van der Waals surface area contributed by atoms with Gasteiger partial charge in [-0.3, -0.25) is 9.69 Å². The van der Waals surface area contributed by atoms with Gasteiger partial charge in [-0.15, -0.1) is 0 Å². The second-order valence-corrected chi connectivity index (χ2v) is 6.04. The normalized spacial score (nSPS) is 15.9. The van der Waals surface area contributed by atoms with E-state index in [1.165, 1.54) is 11.1 Å². The molecule has 0 spiro atoms. The molecule has 1 atom stereocenters. The standard InChI is InChI=1S/C18H19ClN2O/c1-13(18(22)20-17-9-5-4-8-16(17)19)21-11-10-14-6-2-3-7-15(14)12-21/h2-9,13H,10-12H2,1H3,(H,20,22). The maximum absolute atomic E-state index is 12.5. The van der Waals surface area contributed by atoms with Crippen LogP contribution in [0.2, 0.25) is 5.02 Å². The Morgan fingerprint density at radius 3 is 2.59 bits per heavy atom. The molecular weight excluding hydrogens is 296 g/mol. The molecule has 0 aromatic heterocycles. The molecule has 2 aromatic carbocycles. The summed E-state index contributed by atoms with van der Waals surface area (Å²) >= 11 is 6.10. The molecule has 0 fully saturated rings. The number of benzene rings is 2. The van der Waals surface area contributed by atoms with E-state index in [0.29, 0.717) is 10.7 Å². The van der Waals surface area contributed by atoms with Gasteiger partial charge in [0.15, 0.2) is 0 Å². The number of nitrogens with zero attached hydrogens (tertiary/aromatic N) is 1. The largest absolute Gasteiger partial charge is 0.323 e. The topological polar surface area (TPSA) is 32.3 Å². The molecule has 1 aliphatic rings. The minimum absolute atomic E-state index is 0.0209. The summed E-state index contributed by atoms with van der Waals surface area (Å²) in [4.78, 5) is 14.7. The fourth-order valence-corrected chi connectivity index (χ4v) is 3.00. The fourth-order valence-electron chi connectivity index (χ4n) is 2.81. The van der Waals surface area contributed by atoms with Crippen molar-refractivity contribution in [2.75, 3.05) is 11.9 Å². The molecule has 22 heavy (non-hydrogen) atoms. The van der Waals surface area contributed by atoms with Crippen LogP contribution in [0.5, 0.6) is 0 Å². The second-order valence-electron chi connectivity index (χ2n) is 5.63. The van der Waals surface area contributed by atoms with Crippen molar-refractivity contribution < 1.29 is 4.79 Å². The van der Waals surface area contributed by atoms with Gasteiger partial charge in [-0.25, -0.2) is 0 Å². The van der Waals surface area contributed by atoms with Crippen LogP contribution in [0.3, 0.4) is 0 Å². The Hall–Kier alpha value is -1.84. The van der Waals surface area contributed by atoms with Crippen LogP contribution in [-0.2, 0) is 17.8 Å². The van der Waals surface area contributed by atoms with E-state index in [1.54, 1.807) is 6.07 Å². The third-order valence-electron chi connectivity index (χ3n) is 4.22. The van der Waals surface area contributed by atoms with Gasteiger partial charge in [-0.1, -0.05) is 48.0 Å². The van der Waals surface area contributed by atoms with Crippen LogP contribution in [0, 0.1) is 0 Å². The van der Waals surface area contributed by atoms with Crippen LogP contribution < -0.4 is 5.32 Å². The minimum Gasteiger partial charge on any atom is -0.323 e. The molecule has 0 saturated heterocycles. The molecule has 0 aliphatic carbocycles. The van der Waals surface area contributed by atoms with Gasteiger partial charge in [0.05, 0.1) is 16.8 Å². The maximum atomic E-state index is 12.5. The third kappa shape index (κ3) is 3.16. The van der Waals surface area contributed by atoms with Crippen molar-refractivity contribution in [3.63, 3.8) is 0 Å². The van der Waals surface area contributed by atoms with Crippen LogP contribution in [0.15, 0.2) is 48.5 Å². The highest BCUT2D eigenvalue weighted by molar-refractivity contribution is 6.33. The Bertz CT molecular complexity index is 686. The lowest BCUT2D eigenvalue weighted by molar-refractivity contribution is -0.121. The smallest absolute Gasteiger partial charge is 0.241 e. The number of halogens is 1. The van der Waals surface area contributed by atoms with Crippen molar-refractivity contribution in [3.8, 4) is 0 Å². The summed E-state index contributed by atoms with van der Waals surface area (Å²) in [6, 6.07) is 15.5. The first-order chi connectivity index (χ1) is 10.6. The SMILES string of the molecule is CC(C(=O)Nc1ccccc1Cl)N1CCc2ccccc2C1. The number of amides is 1. The van der Waals surface area contributed by atoms with Crippen molar-refractivity contribution in [2.45, 2.75) is 25.9 Å². The molecular formula is C18H19ClN2O. The van der Waals surface area contributed by atoms with E-state index in [9.17, 15) is 4.79 Å². The molecule has 2 aromatic rings. The van der Waals surface area contributed by atoms with Crippen LogP contribution in [0.4, 0.5) is 5.69 Å². The summed E-state index contributed by atoms with van der Waals surface area (Å²) in [7, 11) is 0. The molecule has 4 heteroatoms. The van der Waals surface area contributed by atoms with Gasteiger partial charge in [-0.2, -0.15) is 0 Å². The molecule has 1 N–H and O–H groups in total. The Balaban J connectivity index is 1.68. The van der Waals surface area contributed by atoms with Crippen LogP contribution in [0.25, 0.3) is 0 Å². The zero-order valence-electron chi connectivity index (χ0n) is 12.6. The molecule has 114 valence electrons. The van der Waals surface area contributed by atoms with Gasteiger partial charge in [0, 0.05) is 13.1 Å². The number of hydrogen-bond acceptors (Lipinski definition) is 2. The number of hydrogen-bond donors (Lipinski definition) is 1. The summed E-state index contributed by atoms with van der Waals surface area (Å²) < 4.78 is 0. The molecule has 1 unspecified atom stereocenters. The molecule has 3 rings (SSSR count). The monoisotopic (exact) mass is 314 g/mol. The van der Waals surface area contributed by atoms with E-state index in [0.717, 1.165) is 19.5 Å². The molecule has 1 heterocycles. The van der Waals surface area contributed by atoms with Crippen molar-refractivity contribution >= 4 is 23.2 Å². The first-order valence-corrected chi connectivity index (χ1v) is 7.89. The number of fused-ring (bicyclic) bond motifs is 1. The van der Waals surface area contributed by atoms with Gasteiger partial charge in [0.2, 0.25) is 5.91 Å². The number of para-hydroxylation sites is 1. The van der Waals surface area contributed by atoms with E-state index in [2.05, 4.69) is 34.5 Å². The lowest BCUT2D eigenvalue weighted by Crippen LogP contribution is -2.44. The molecule has 1 amide bonds. The quantitative estimate of drug-likeness (QED) is 0.936. The van der Waals surface area contributed by atoms with Crippen molar-refractivity contribution in [1.29, 1.82) is 0 Å². The lowest BCUT2D eigenvalue weighted by atomic mass is 9.99. The second kappa shape index (κ2) is 6.51. The predicted octanol–water partition coefficient (Wildman–Crippen LogP) is 3.73. The number of anilines is 1. The first kappa shape index (κ1) is 15.1. The number of carbonyl (C=O) groups is 1. The van der Waals surface area contributed by atoms with Gasteiger partial charge < -0.3 is 5.32 Å². The summed E-state index contributed by atoms with van der Waals surface area (Å²) in [5.41, 5.74) is 3.36. The molecule has 0 saturated carbocycles. The van der Waals surface area contributed by atoms with Crippen molar-refractivity contribution in [3.05, 3.63) is 64.7 Å². The minimum atomic E-state index is -0.190. The first-order valence-electron chi connectivity index (χ1n) is 7.51. The molecule has 1 aliphatic heterocycles. The highest BCUT2D eigenvalue weighted by atomic mass is 35.5. The molecule has 0 bridgehead atoms. The predicted molar refractivity (Wildman–Crippen MR) is 90.1 cm³/mol. The Morgan fingerprint density at radius 2 is 1.82 bits per heavy atom. The maximum Gasteiger partial charge on any atom is 0.241 e. The average molecular weight is 315 g/mol. The van der Waals surface area contributed by atoms with E-state index in [-0.39, 0.29) is 11.9 Å². The third-order valence-corrected chi connectivity index (χ3v) is 4.55. The van der Waals surface area contributed by atoms with Gasteiger partial charge in [0.25, 0.3) is 0 Å². The number of rotatable bonds is 3. The molecule has 3 nitrogen and oxygen atoms in total. The highest BCUT2D eigenvalue weighted by Crippen LogP contribution is 2.23. The zero-order valence-corrected chi connectivity index (χ0v) is 13.3. The zero-order chi connectivity index (χ0) is 15.5. The van der Waals surface area contributed by atoms with Gasteiger partial charge in [0.1, 0.15) is 0 Å². The summed E-state index contributed by atoms with van der Waals surface area (Å²) in [6.07, 6.45) is 0.986. The van der Waals surface area contributed by atoms with E-state index in [4.69, 9.17) is 11.6 Å². The summed E-state index contributed by atoms with van der Waals surface area (Å²) in [5, 5.41) is 3.48. The highest BCUT2D eigenvalue weighted by Gasteiger charge is 2.25.